The van der Waals surface area contributed by atoms with Crippen LogP contribution in [-0.4, -0.2) is 9.86 Å². The second-order valence-corrected chi connectivity index (χ2v) is 5.57. The van der Waals surface area contributed by atoms with Crippen LogP contribution in [0.3, 0.4) is 0 Å². The second kappa shape index (κ2) is 2.51. The normalized spacial score (nSPS) is 41.4. The summed E-state index contributed by atoms with van der Waals surface area (Å²) >= 11 is 1.61. The molecular formula is C9H14OS. The van der Waals surface area contributed by atoms with Crippen LogP contribution in [-0.2, 0) is 4.79 Å². The van der Waals surface area contributed by atoms with Gasteiger partial charge in [0, 0.05) is 11.7 Å². The summed E-state index contributed by atoms with van der Waals surface area (Å²) in [5, 5.41) is 0.313. The first-order valence-corrected chi connectivity index (χ1v) is 5.21. The van der Waals surface area contributed by atoms with Crippen LogP contribution in [0.1, 0.15) is 39.0 Å². The van der Waals surface area contributed by atoms with Gasteiger partial charge in [0.15, 0.2) is 5.12 Å². The number of hydrogen-bond acceptors (Lipinski definition) is 2. The zero-order valence-electron chi connectivity index (χ0n) is 6.93. The van der Waals surface area contributed by atoms with Crippen LogP contribution in [0.25, 0.3) is 0 Å². The summed E-state index contributed by atoms with van der Waals surface area (Å²) in [6.07, 6.45) is 6.65. The molecule has 0 aromatic rings. The molecule has 0 radical (unpaired) electrons. The Labute approximate surface area is 71.9 Å². The molecule has 0 amide bonds. The van der Waals surface area contributed by atoms with Crippen molar-refractivity contribution in [1.29, 1.82) is 0 Å². The van der Waals surface area contributed by atoms with E-state index in [1.54, 1.807) is 18.7 Å². The van der Waals surface area contributed by atoms with E-state index >= 15 is 0 Å². The van der Waals surface area contributed by atoms with Gasteiger partial charge in [-0.15, -0.1) is 0 Å². The zero-order chi connectivity index (χ0) is 7.90. The monoisotopic (exact) mass is 170 g/mol. The molecule has 0 heterocycles. The summed E-state index contributed by atoms with van der Waals surface area (Å²) in [7, 11) is 0. The van der Waals surface area contributed by atoms with E-state index in [4.69, 9.17) is 0 Å². The van der Waals surface area contributed by atoms with Crippen molar-refractivity contribution in [2.24, 2.45) is 5.92 Å². The SMILES string of the molecule is CC(=O)SC12CCC(CC1)C2. The fraction of sp³-hybridized carbons (Fsp3) is 0.889. The minimum Gasteiger partial charge on any atom is -0.288 e. The van der Waals surface area contributed by atoms with Crippen molar-refractivity contribution >= 4 is 16.9 Å². The fourth-order valence-corrected chi connectivity index (χ4v) is 3.96. The largest absolute Gasteiger partial charge is 0.288 e. The smallest absolute Gasteiger partial charge is 0.186 e. The van der Waals surface area contributed by atoms with Crippen molar-refractivity contribution in [2.75, 3.05) is 0 Å². The molecule has 0 unspecified atom stereocenters. The first-order chi connectivity index (χ1) is 5.20. The Hall–Kier alpha value is 0.0200. The van der Waals surface area contributed by atoms with E-state index in [9.17, 15) is 4.79 Å². The Morgan fingerprint density at radius 3 is 2.45 bits per heavy atom. The minimum absolute atomic E-state index is 0.313. The van der Waals surface area contributed by atoms with E-state index in [0.717, 1.165) is 5.92 Å². The maximum atomic E-state index is 10.9. The molecular weight excluding hydrogens is 156 g/mol. The zero-order valence-corrected chi connectivity index (χ0v) is 7.75. The van der Waals surface area contributed by atoms with E-state index in [2.05, 4.69) is 0 Å². The van der Waals surface area contributed by atoms with Crippen molar-refractivity contribution < 1.29 is 4.79 Å². The first-order valence-electron chi connectivity index (χ1n) is 4.40. The molecule has 0 aromatic heterocycles. The molecule has 2 rings (SSSR count). The Morgan fingerprint density at radius 2 is 2.09 bits per heavy atom. The molecule has 2 aliphatic carbocycles. The molecule has 0 spiro atoms. The predicted molar refractivity (Wildman–Crippen MR) is 47.6 cm³/mol. The van der Waals surface area contributed by atoms with Gasteiger partial charge in [0.25, 0.3) is 0 Å². The van der Waals surface area contributed by atoms with Crippen LogP contribution in [0.5, 0.6) is 0 Å². The Morgan fingerprint density at radius 1 is 1.45 bits per heavy atom. The number of fused-ring (bicyclic) bond motifs is 2. The van der Waals surface area contributed by atoms with Crippen LogP contribution >= 0.6 is 11.8 Å². The quantitative estimate of drug-likeness (QED) is 0.601. The van der Waals surface area contributed by atoms with Gasteiger partial charge in [-0.1, -0.05) is 11.8 Å². The van der Waals surface area contributed by atoms with Crippen molar-refractivity contribution in [3.05, 3.63) is 0 Å². The highest BCUT2D eigenvalue weighted by molar-refractivity contribution is 8.14. The van der Waals surface area contributed by atoms with Crippen molar-refractivity contribution in [2.45, 2.75) is 43.8 Å². The Bertz CT molecular complexity index is 180. The third kappa shape index (κ3) is 1.33. The van der Waals surface area contributed by atoms with Gasteiger partial charge < -0.3 is 0 Å². The minimum atomic E-state index is 0.313. The fourth-order valence-electron chi connectivity index (χ4n) is 2.59. The molecule has 2 bridgehead atoms. The van der Waals surface area contributed by atoms with Gasteiger partial charge in [-0.3, -0.25) is 4.79 Å². The third-order valence-corrected chi connectivity index (χ3v) is 4.33. The van der Waals surface area contributed by atoms with Gasteiger partial charge in [-0.05, 0) is 38.0 Å². The average molecular weight is 170 g/mol. The maximum Gasteiger partial charge on any atom is 0.186 e. The summed E-state index contributed by atoms with van der Waals surface area (Å²) in [6, 6.07) is 0. The topological polar surface area (TPSA) is 17.1 Å². The number of carbonyl (C=O) groups excluding carboxylic acids is 1. The summed E-state index contributed by atoms with van der Waals surface area (Å²) < 4.78 is 0.399. The molecule has 1 nitrogen and oxygen atoms in total. The number of rotatable bonds is 1. The molecule has 2 aliphatic rings. The summed E-state index contributed by atoms with van der Waals surface area (Å²) in [4.78, 5) is 10.9. The highest BCUT2D eigenvalue weighted by atomic mass is 32.2. The van der Waals surface area contributed by atoms with E-state index in [1.165, 1.54) is 32.1 Å². The maximum absolute atomic E-state index is 10.9. The highest BCUT2D eigenvalue weighted by Gasteiger charge is 2.45. The van der Waals surface area contributed by atoms with Gasteiger partial charge in [-0.25, -0.2) is 0 Å². The van der Waals surface area contributed by atoms with Gasteiger partial charge in [0.05, 0.1) is 0 Å². The molecule has 0 atom stereocenters. The molecule has 2 saturated carbocycles. The Balaban J connectivity index is 2.05. The summed E-state index contributed by atoms with van der Waals surface area (Å²) in [5.74, 6) is 0.960. The van der Waals surface area contributed by atoms with Crippen LogP contribution in [0.15, 0.2) is 0 Å². The standard InChI is InChI=1S/C9H14OS/c1-7(10)11-9-4-2-8(6-9)3-5-9/h8H,2-6H2,1H3. The Kier molecular flexibility index (Phi) is 1.75. The van der Waals surface area contributed by atoms with E-state index in [0.29, 0.717) is 9.86 Å². The van der Waals surface area contributed by atoms with Gasteiger partial charge >= 0.3 is 0 Å². The van der Waals surface area contributed by atoms with Crippen LogP contribution < -0.4 is 0 Å². The molecule has 0 aromatic carbocycles. The lowest BCUT2D eigenvalue weighted by Crippen LogP contribution is -2.18. The summed E-state index contributed by atoms with van der Waals surface area (Å²) in [6.45, 7) is 1.70. The molecule has 0 aliphatic heterocycles. The van der Waals surface area contributed by atoms with Crippen LogP contribution in [0.2, 0.25) is 0 Å². The van der Waals surface area contributed by atoms with Crippen molar-refractivity contribution in [1.82, 2.24) is 0 Å². The lowest BCUT2D eigenvalue weighted by Gasteiger charge is -2.23. The number of thioether (sulfide) groups is 1. The number of carbonyl (C=O) groups is 1. The van der Waals surface area contributed by atoms with E-state index in [-0.39, 0.29) is 0 Å². The molecule has 2 heteroatoms. The molecule has 0 saturated heterocycles. The first kappa shape index (κ1) is 7.66. The molecule has 62 valence electrons. The van der Waals surface area contributed by atoms with Gasteiger partial charge in [-0.2, -0.15) is 0 Å². The lowest BCUT2D eigenvalue weighted by molar-refractivity contribution is -0.109. The van der Waals surface area contributed by atoms with E-state index < -0.39 is 0 Å². The van der Waals surface area contributed by atoms with Crippen molar-refractivity contribution in [3.8, 4) is 0 Å². The van der Waals surface area contributed by atoms with Gasteiger partial charge in [0.1, 0.15) is 0 Å². The van der Waals surface area contributed by atoms with Crippen LogP contribution in [0, 0.1) is 5.92 Å². The van der Waals surface area contributed by atoms with E-state index in [1.807, 2.05) is 0 Å². The molecule has 11 heavy (non-hydrogen) atoms. The van der Waals surface area contributed by atoms with Crippen molar-refractivity contribution in [3.63, 3.8) is 0 Å². The van der Waals surface area contributed by atoms with Gasteiger partial charge in [0.2, 0.25) is 0 Å². The highest BCUT2D eigenvalue weighted by Crippen LogP contribution is 2.55. The second-order valence-electron chi connectivity index (χ2n) is 3.92. The lowest BCUT2D eigenvalue weighted by atomic mass is 10.0. The summed E-state index contributed by atoms with van der Waals surface area (Å²) in [5.41, 5.74) is 0. The molecule has 0 N–H and O–H groups in total. The average Bonchev–Trinajstić information content (AvgIpc) is 2.43. The number of hydrogen-bond donors (Lipinski definition) is 0. The third-order valence-electron chi connectivity index (χ3n) is 3.04. The predicted octanol–water partition coefficient (Wildman–Crippen LogP) is 2.60. The van der Waals surface area contributed by atoms with Crippen LogP contribution in [0.4, 0.5) is 0 Å². The molecule has 2 fully saturated rings.